The van der Waals surface area contributed by atoms with Gasteiger partial charge in [-0.1, -0.05) is 37.8 Å². The van der Waals surface area contributed by atoms with Gasteiger partial charge in [0, 0.05) is 6.61 Å². The van der Waals surface area contributed by atoms with Crippen LogP contribution < -0.4 is 0 Å². The van der Waals surface area contributed by atoms with E-state index in [9.17, 15) is 0 Å². The van der Waals surface area contributed by atoms with Gasteiger partial charge in [0.15, 0.2) is 0 Å². The Balaban J connectivity index is 1.63. The molecule has 0 bridgehead atoms. The Morgan fingerprint density at radius 3 is 2.29 bits per heavy atom. The third kappa shape index (κ3) is 5.72. The van der Waals surface area contributed by atoms with Crippen molar-refractivity contribution in [2.24, 2.45) is 5.92 Å². The highest BCUT2D eigenvalue weighted by molar-refractivity contribution is 4.87. The maximum absolute atomic E-state index is 5.90. The summed E-state index contributed by atoms with van der Waals surface area (Å²) in [5.74, 6) is 0.919. The van der Waals surface area contributed by atoms with Gasteiger partial charge in [0.2, 0.25) is 0 Å². The van der Waals surface area contributed by atoms with E-state index < -0.39 is 0 Å². The Hall–Kier alpha value is -0.300. The fraction of sp³-hybridized carbons (Fsp3) is 0.875. The first-order valence-corrected chi connectivity index (χ1v) is 7.73. The van der Waals surface area contributed by atoms with Gasteiger partial charge >= 0.3 is 0 Å². The highest BCUT2D eigenvalue weighted by atomic mass is 16.5. The summed E-state index contributed by atoms with van der Waals surface area (Å²) in [5, 5.41) is 0. The van der Waals surface area contributed by atoms with Crippen LogP contribution >= 0.6 is 0 Å². The number of rotatable bonds is 0. The molecule has 2 atom stereocenters. The molecule has 0 radical (unpaired) electrons. The molecule has 0 aromatic heterocycles. The fourth-order valence-electron chi connectivity index (χ4n) is 2.76. The van der Waals surface area contributed by atoms with Gasteiger partial charge < -0.3 is 4.74 Å². The number of allylic oxidation sites excluding steroid dienone is 2. The van der Waals surface area contributed by atoms with Gasteiger partial charge in [0.1, 0.15) is 0 Å². The Bertz CT molecular complexity index is 200. The van der Waals surface area contributed by atoms with Crippen molar-refractivity contribution in [1.29, 1.82) is 0 Å². The molecule has 1 saturated carbocycles. The molecule has 0 aromatic carbocycles. The number of ether oxygens (including phenoxy) is 1. The lowest BCUT2D eigenvalue weighted by atomic mass is 10.1. The molecule has 1 nitrogen and oxygen atoms in total. The van der Waals surface area contributed by atoms with E-state index in [1.807, 2.05) is 0 Å². The van der Waals surface area contributed by atoms with Crippen LogP contribution in [0.15, 0.2) is 12.2 Å². The number of hydrogen-bond acceptors (Lipinski definition) is 1. The lowest BCUT2D eigenvalue weighted by Crippen LogP contribution is -1.99. The fourth-order valence-corrected chi connectivity index (χ4v) is 2.76. The zero-order valence-electron chi connectivity index (χ0n) is 11.2. The van der Waals surface area contributed by atoms with Crippen LogP contribution in [0, 0.1) is 5.92 Å². The molecular weight excluding hydrogens is 208 g/mol. The summed E-state index contributed by atoms with van der Waals surface area (Å²) < 4.78 is 5.90. The second-order valence-corrected chi connectivity index (χ2v) is 5.72. The minimum atomic E-state index is 0.641. The number of hydrogen-bond donors (Lipinski definition) is 0. The van der Waals surface area contributed by atoms with Gasteiger partial charge in [-0.3, -0.25) is 0 Å². The van der Waals surface area contributed by atoms with Crippen LogP contribution in [-0.2, 0) is 4.74 Å². The maximum atomic E-state index is 5.90. The Morgan fingerprint density at radius 1 is 0.765 bits per heavy atom. The van der Waals surface area contributed by atoms with E-state index in [0.29, 0.717) is 6.10 Å². The summed E-state index contributed by atoms with van der Waals surface area (Å²) in [5.41, 5.74) is 0. The molecule has 1 heteroatoms. The van der Waals surface area contributed by atoms with Crippen LogP contribution in [0.4, 0.5) is 0 Å². The summed E-state index contributed by atoms with van der Waals surface area (Å²) >= 11 is 0. The lowest BCUT2D eigenvalue weighted by Gasteiger charge is -2.04. The molecule has 0 N–H and O–H groups in total. The van der Waals surface area contributed by atoms with E-state index in [1.165, 1.54) is 70.6 Å². The van der Waals surface area contributed by atoms with Crippen LogP contribution in [0.2, 0.25) is 0 Å². The smallest absolute Gasteiger partial charge is 0.0607 e. The van der Waals surface area contributed by atoms with Crippen molar-refractivity contribution in [2.45, 2.75) is 76.7 Å². The summed E-state index contributed by atoms with van der Waals surface area (Å²) in [6.07, 6.45) is 20.3. The monoisotopic (exact) mass is 236 g/mol. The molecule has 0 amide bonds. The quantitative estimate of drug-likeness (QED) is 0.546. The van der Waals surface area contributed by atoms with Gasteiger partial charge in [0.25, 0.3) is 0 Å². The van der Waals surface area contributed by atoms with E-state index in [4.69, 9.17) is 4.74 Å². The average molecular weight is 236 g/mol. The third-order valence-corrected chi connectivity index (χ3v) is 4.07. The molecule has 0 spiro atoms. The summed E-state index contributed by atoms with van der Waals surface area (Å²) in [6, 6.07) is 0. The van der Waals surface area contributed by atoms with Gasteiger partial charge in [0.05, 0.1) is 6.10 Å². The molecule has 2 unspecified atom stereocenters. The van der Waals surface area contributed by atoms with Crippen molar-refractivity contribution < 1.29 is 4.74 Å². The highest BCUT2D eigenvalue weighted by Crippen LogP contribution is 2.38. The average Bonchev–Trinajstić information content (AvgIpc) is 3.07. The second kappa shape index (κ2) is 7.92. The van der Waals surface area contributed by atoms with Crippen LogP contribution in [0.3, 0.4) is 0 Å². The minimum absolute atomic E-state index is 0.641. The van der Waals surface area contributed by atoms with Crippen LogP contribution in [-0.4, -0.2) is 12.7 Å². The van der Waals surface area contributed by atoms with Gasteiger partial charge in [-0.05, 0) is 50.9 Å². The molecule has 2 aliphatic rings. The first-order valence-electron chi connectivity index (χ1n) is 7.73. The number of fused-ring (bicyclic) bond motifs is 1. The van der Waals surface area contributed by atoms with Gasteiger partial charge in [-0.2, -0.15) is 0 Å². The van der Waals surface area contributed by atoms with Crippen molar-refractivity contribution in [3.63, 3.8) is 0 Å². The topological polar surface area (TPSA) is 9.23 Å². The minimum Gasteiger partial charge on any atom is -0.378 e. The molecule has 0 aromatic rings. The summed E-state index contributed by atoms with van der Waals surface area (Å²) in [6.45, 7) is 1.00. The molecule has 1 aliphatic carbocycles. The van der Waals surface area contributed by atoms with Crippen molar-refractivity contribution >= 4 is 0 Å². The Morgan fingerprint density at radius 2 is 1.47 bits per heavy atom. The van der Waals surface area contributed by atoms with Crippen LogP contribution in [0.1, 0.15) is 70.6 Å². The molecule has 1 aliphatic heterocycles. The normalized spacial score (nSPS) is 34.8. The predicted molar refractivity (Wildman–Crippen MR) is 73.2 cm³/mol. The molecule has 1 heterocycles. The van der Waals surface area contributed by atoms with Crippen molar-refractivity contribution in [3.8, 4) is 0 Å². The van der Waals surface area contributed by atoms with Crippen LogP contribution in [0.25, 0.3) is 0 Å². The largest absolute Gasteiger partial charge is 0.378 e. The summed E-state index contributed by atoms with van der Waals surface area (Å²) in [7, 11) is 0. The first kappa shape index (κ1) is 13.1. The zero-order chi connectivity index (χ0) is 11.8. The van der Waals surface area contributed by atoms with Crippen LogP contribution in [0.5, 0.6) is 0 Å². The van der Waals surface area contributed by atoms with Gasteiger partial charge in [-0.25, -0.2) is 0 Å². The Kier molecular flexibility index (Phi) is 6.12. The predicted octanol–water partition coefficient (Wildman–Crippen LogP) is 4.86. The molecule has 1 fully saturated rings. The van der Waals surface area contributed by atoms with Crippen molar-refractivity contribution in [1.82, 2.24) is 0 Å². The zero-order valence-corrected chi connectivity index (χ0v) is 11.2. The van der Waals surface area contributed by atoms with E-state index in [2.05, 4.69) is 12.2 Å². The molecule has 2 rings (SSSR count). The SMILES string of the molecule is C1=C/CCCCCOC2CC2CCCCCC/1. The molecule has 17 heavy (non-hydrogen) atoms. The highest BCUT2D eigenvalue weighted by Gasteiger charge is 2.36. The first-order chi connectivity index (χ1) is 8.47. The Labute approximate surface area is 107 Å². The lowest BCUT2D eigenvalue weighted by molar-refractivity contribution is 0.104. The van der Waals surface area contributed by atoms with E-state index in [1.54, 1.807) is 0 Å². The van der Waals surface area contributed by atoms with Crippen molar-refractivity contribution in [2.75, 3.05) is 6.61 Å². The van der Waals surface area contributed by atoms with Crippen molar-refractivity contribution in [3.05, 3.63) is 12.2 Å². The summed E-state index contributed by atoms with van der Waals surface area (Å²) in [4.78, 5) is 0. The molecule has 0 saturated heterocycles. The third-order valence-electron chi connectivity index (χ3n) is 4.07. The van der Waals surface area contributed by atoms with E-state index in [-0.39, 0.29) is 0 Å². The van der Waals surface area contributed by atoms with E-state index >= 15 is 0 Å². The second-order valence-electron chi connectivity index (χ2n) is 5.72. The maximum Gasteiger partial charge on any atom is 0.0607 e. The molecular formula is C16H28O. The molecule has 98 valence electrons. The van der Waals surface area contributed by atoms with Gasteiger partial charge in [-0.15, -0.1) is 0 Å². The van der Waals surface area contributed by atoms with E-state index in [0.717, 1.165) is 12.5 Å². The standard InChI is InChI=1S/C16H28O/c1-2-4-6-8-10-12-15-14-16(15)17-13-11-9-7-5-3-1/h1,3,15-16H,2,4-14H2/b3-1+.